The van der Waals surface area contributed by atoms with Crippen molar-refractivity contribution in [1.82, 2.24) is 14.5 Å². The summed E-state index contributed by atoms with van der Waals surface area (Å²) in [6.07, 6.45) is 1.88. The fourth-order valence-corrected chi connectivity index (χ4v) is 2.71. The molecule has 1 atom stereocenters. The first kappa shape index (κ1) is 12.0. The van der Waals surface area contributed by atoms with Crippen molar-refractivity contribution < 1.29 is 14.7 Å². The molecule has 1 aromatic rings. The van der Waals surface area contributed by atoms with E-state index < -0.39 is 12.0 Å². The highest BCUT2D eigenvalue weighted by molar-refractivity contribution is 7.08. The van der Waals surface area contributed by atoms with Gasteiger partial charge in [0, 0.05) is 6.54 Å². The van der Waals surface area contributed by atoms with Crippen molar-refractivity contribution in [1.29, 1.82) is 0 Å². The van der Waals surface area contributed by atoms with Crippen LogP contribution in [0.1, 0.15) is 35.1 Å². The van der Waals surface area contributed by atoms with Gasteiger partial charge >= 0.3 is 5.97 Å². The van der Waals surface area contributed by atoms with E-state index in [1.807, 2.05) is 6.92 Å². The largest absolute Gasteiger partial charge is 0.480 e. The summed E-state index contributed by atoms with van der Waals surface area (Å²) in [4.78, 5) is 25.1. The maximum Gasteiger partial charge on any atom is 0.326 e. The van der Waals surface area contributed by atoms with Crippen molar-refractivity contribution in [2.45, 2.75) is 32.2 Å². The minimum absolute atomic E-state index is 0.248. The first-order valence-corrected chi connectivity index (χ1v) is 6.27. The first-order valence-electron chi connectivity index (χ1n) is 5.50. The van der Waals surface area contributed by atoms with Crippen LogP contribution in [0.2, 0.25) is 0 Å². The summed E-state index contributed by atoms with van der Waals surface area (Å²) in [5.41, 5.74) is 0.649. The van der Waals surface area contributed by atoms with E-state index in [0.717, 1.165) is 18.0 Å². The molecular formula is C10H13N3O3S. The van der Waals surface area contributed by atoms with Crippen molar-refractivity contribution in [3.8, 4) is 0 Å². The fourth-order valence-electron chi connectivity index (χ4n) is 2.00. The van der Waals surface area contributed by atoms with Crippen molar-refractivity contribution >= 4 is 23.4 Å². The minimum Gasteiger partial charge on any atom is -0.480 e. The van der Waals surface area contributed by atoms with E-state index in [-0.39, 0.29) is 5.91 Å². The van der Waals surface area contributed by atoms with Gasteiger partial charge in [-0.15, -0.1) is 5.10 Å². The highest BCUT2D eigenvalue weighted by Gasteiger charge is 2.35. The summed E-state index contributed by atoms with van der Waals surface area (Å²) in [5, 5.41) is 12.9. The van der Waals surface area contributed by atoms with Gasteiger partial charge in [-0.05, 0) is 30.8 Å². The molecule has 0 aliphatic carbocycles. The molecule has 0 radical (unpaired) electrons. The van der Waals surface area contributed by atoms with Gasteiger partial charge in [0.25, 0.3) is 5.91 Å². The molecule has 92 valence electrons. The van der Waals surface area contributed by atoms with Gasteiger partial charge in [0.15, 0.2) is 0 Å². The predicted octanol–water partition coefficient (Wildman–Crippen LogP) is 0.790. The van der Waals surface area contributed by atoms with Gasteiger partial charge in [0.05, 0.1) is 5.69 Å². The van der Waals surface area contributed by atoms with Crippen LogP contribution in [0.25, 0.3) is 0 Å². The number of nitrogens with zero attached hydrogens (tertiary/aromatic N) is 3. The van der Waals surface area contributed by atoms with E-state index in [9.17, 15) is 9.59 Å². The minimum atomic E-state index is -0.939. The summed E-state index contributed by atoms with van der Waals surface area (Å²) in [5.74, 6) is -1.19. The average molecular weight is 255 g/mol. The van der Waals surface area contributed by atoms with Crippen LogP contribution < -0.4 is 0 Å². The molecule has 1 amide bonds. The molecule has 1 aliphatic rings. The molecule has 0 aromatic carbocycles. The zero-order valence-electron chi connectivity index (χ0n) is 9.42. The third-order valence-electron chi connectivity index (χ3n) is 2.88. The third kappa shape index (κ3) is 2.14. The number of carboxylic acids is 1. The number of aromatic nitrogens is 2. The van der Waals surface area contributed by atoms with E-state index in [0.29, 0.717) is 30.0 Å². The molecule has 1 fully saturated rings. The number of likely N-dealkylation sites (tertiary alicyclic amines) is 1. The Morgan fingerprint density at radius 3 is 3.00 bits per heavy atom. The van der Waals surface area contributed by atoms with Gasteiger partial charge in [0.2, 0.25) is 0 Å². The van der Waals surface area contributed by atoms with Crippen LogP contribution in [-0.2, 0) is 11.2 Å². The second-order valence-corrected chi connectivity index (χ2v) is 4.65. The monoisotopic (exact) mass is 255 g/mol. The maximum absolute atomic E-state index is 12.2. The van der Waals surface area contributed by atoms with Crippen LogP contribution in [0, 0.1) is 0 Å². The smallest absolute Gasteiger partial charge is 0.326 e. The topological polar surface area (TPSA) is 83.4 Å². The number of hydrogen-bond donors (Lipinski definition) is 1. The Morgan fingerprint density at radius 2 is 2.35 bits per heavy atom. The number of rotatable bonds is 3. The Labute approximate surface area is 102 Å². The number of hydrogen-bond acceptors (Lipinski definition) is 5. The molecular weight excluding hydrogens is 242 g/mol. The van der Waals surface area contributed by atoms with E-state index in [2.05, 4.69) is 9.59 Å². The molecule has 17 heavy (non-hydrogen) atoms. The van der Waals surface area contributed by atoms with Crippen LogP contribution in [0.3, 0.4) is 0 Å². The predicted molar refractivity (Wildman–Crippen MR) is 61.0 cm³/mol. The molecule has 1 saturated heterocycles. The van der Waals surface area contributed by atoms with Crippen LogP contribution in [0.15, 0.2) is 0 Å². The van der Waals surface area contributed by atoms with Crippen molar-refractivity contribution in [3.05, 3.63) is 10.6 Å². The lowest BCUT2D eigenvalue weighted by Crippen LogP contribution is -2.40. The van der Waals surface area contributed by atoms with Crippen molar-refractivity contribution in [2.75, 3.05) is 6.54 Å². The lowest BCUT2D eigenvalue weighted by molar-refractivity contribution is -0.141. The van der Waals surface area contributed by atoms with Crippen LogP contribution in [-0.4, -0.2) is 44.1 Å². The van der Waals surface area contributed by atoms with E-state index in [1.54, 1.807) is 0 Å². The first-order chi connectivity index (χ1) is 8.15. The molecule has 1 aromatic heterocycles. The molecule has 0 saturated carbocycles. The number of aryl methyl sites for hydroxylation is 1. The van der Waals surface area contributed by atoms with Gasteiger partial charge in [-0.3, -0.25) is 4.79 Å². The zero-order valence-corrected chi connectivity index (χ0v) is 10.2. The lowest BCUT2D eigenvalue weighted by Gasteiger charge is -2.20. The Morgan fingerprint density at radius 1 is 1.59 bits per heavy atom. The SMILES string of the molecule is CCc1nnsc1C(=O)N1CCC[C@H]1C(=O)O. The van der Waals surface area contributed by atoms with Gasteiger partial charge in [-0.25, -0.2) is 4.79 Å². The van der Waals surface area contributed by atoms with E-state index in [1.165, 1.54) is 4.90 Å². The molecule has 1 N–H and O–H groups in total. The van der Waals surface area contributed by atoms with Crippen molar-refractivity contribution in [2.24, 2.45) is 0 Å². The molecule has 0 bridgehead atoms. The molecule has 1 aliphatic heterocycles. The van der Waals surface area contributed by atoms with E-state index in [4.69, 9.17) is 5.11 Å². The number of carbonyl (C=O) groups excluding carboxylic acids is 1. The Hall–Kier alpha value is -1.50. The Bertz CT molecular complexity index is 446. The van der Waals surface area contributed by atoms with Gasteiger partial charge < -0.3 is 10.0 Å². The number of carbonyl (C=O) groups is 2. The lowest BCUT2D eigenvalue weighted by atomic mass is 10.2. The quantitative estimate of drug-likeness (QED) is 0.863. The van der Waals surface area contributed by atoms with Gasteiger partial charge in [-0.1, -0.05) is 11.4 Å². The zero-order chi connectivity index (χ0) is 12.4. The summed E-state index contributed by atoms with van der Waals surface area (Å²) in [6.45, 7) is 2.39. The molecule has 2 heterocycles. The summed E-state index contributed by atoms with van der Waals surface area (Å²) < 4.78 is 3.75. The highest BCUT2D eigenvalue weighted by atomic mass is 32.1. The van der Waals surface area contributed by atoms with Crippen LogP contribution in [0.5, 0.6) is 0 Å². The Kier molecular flexibility index (Phi) is 3.37. The highest BCUT2D eigenvalue weighted by Crippen LogP contribution is 2.23. The molecule has 0 unspecified atom stereocenters. The number of aliphatic carboxylic acids is 1. The normalized spacial score (nSPS) is 19.6. The van der Waals surface area contributed by atoms with Gasteiger partial charge in [-0.2, -0.15) is 0 Å². The molecule has 0 spiro atoms. The average Bonchev–Trinajstić information content (AvgIpc) is 2.96. The summed E-state index contributed by atoms with van der Waals surface area (Å²) >= 11 is 1.04. The van der Waals surface area contributed by atoms with Crippen LogP contribution >= 0.6 is 11.5 Å². The molecule has 2 rings (SSSR count). The van der Waals surface area contributed by atoms with Gasteiger partial charge in [0.1, 0.15) is 10.9 Å². The number of amides is 1. The summed E-state index contributed by atoms with van der Waals surface area (Å²) in [6, 6.07) is -0.700. The van der Waals surface area contributed by atoms with Crippen molar-refractivity contribution in [3.63, 3.8) is 0 Å². The van der Waals surface area contributed by atoms with E-state index >= 15 is 0 Å². The second-order valence-electron chi connectivity index (χ2n) is 3.90. The maximum atomic E-state index is 12.2. The Balaban J connectivity index is 2.23. The number of carboxylic acid groups (broad SMARTS) is 1. The molecule has 7 heteroatoms. The van der Waals surface area contributed by atoms with Crippen LogP contribution in [0.4, 0.5) is 0 Å². The fraction of sp³-hybridized carbons (Fsp3) is 0.600. The molecule has 6 nitrogen and oxygen atoms in total. The second kappa shape index (κ2) is 4.79. The third-order valence-corrected chi connectivity index (χ3v) is 3.64. The standard InChI is InChI=1S/C10H13N3O3S/c1-2-6-8(17-12-11-6)9(14)13-5-3-4-7(13)10(15)16/h7H,2-5H2,1H3,(H,15,16)/t7-/m0/s1. The summed E-state index contributed by atoms with van der Waals surface area (Å²) in [7, 11) is 0.